The Morgan fingerprint density at radius 3 is 2.24 bits per heavy atom. The van der Waals surface area contributed by atoms with E-state index in [1.165, 1.54) is 54.9 Å². The summed E-state index contributed by atoms with van der Waals surface area (Å²) in [5.74, 6) is -0.0151. The molecule has 3 rings (SSSR count). The molecule has 1 heterocycles. The molecule has 0 aliphatic carbocycles. The van der Waals surface area contributed by atoms with Gasteiger partial charge in [-0.25, -0.2) is 13.2 Å². The van der Waals surface area contributed by atoms with Crippen molar-refractivity contribution < 1.29 is 32.2 Å². The average molecular weight is 474 g/mol. The third kappa shape index (κ3) is 6.21. The van der Waals surface area contributed by atoms with Gasteiger partial charge in [0.15, 0.2) is 23.9 Å². The second kappa shape index (κ2) is 11.1. The molecule has 0 radical (unpaired) electrons. The molecular weight excluding hydrogens is 446 g/mol. The molecule has 2 aromatic carbocycles. The predicted octanol–water partition coefficient (Wildman–Crippen LogP) is 3.32. The summed E-state index contributed by atoms with van der Waals surface area (Å²) in [7, 11) is -0.517. The lowest BCUT2D eigenvalue weighted by atomic mass is 10.1. The van der Waals surface area contributed by atoms with E-state index in [2.05, 4.69) is 0 Å². The van der Waals surface area contributed by atoms with Crippen LogP contribution in [-0.2, 0) is 19.6 Å². The Hall–Kier alpha value is -3.17. The molecule has 33 heavy (non-hydrogen) atoms. The minimum Gasteiger partial charge on any atom is -0.493 e. The molecule has 0 bridgehead atoms. The zero-order valence-electron chi connectivity index (χ0n) is 18.7. The Morgan fingerprint density at radius 1 is 0.939 bits per heavy atom. The maximum Gasteiger partial charge on any atom is 0.331 e. The number of methoxy groups -OCH3 is 2. The lowest BCUT2D eigenvalue weighted by Crippen LogP contribution is -2.35. The van der Waals surface area contributed by atoms with Crippen LogP contribution in [-0.4, -0.2) is 58.4 Å². The van der Waals surface area contributed by atoms with Gasteiger partial charge in [-0.15, -0.1) is 0 Å². The highest BCUT2D eigenvalue weighted by molar-refractivity contribution is 7.89. The fraction of sp³-hybridized carbons (Fsp3) is 0.333. The molecule has 0 amide bonds. The van der Waals surface area contributed by atoms with Crippen molar-refractivity contribution in [1.29, 1.82) is 0 Å². The Balaban J connectivity index is 1.56. The smallest absolute Gasteiger partial charge is 0.331 e. The molecular formula is C24H27NO7S. The van der Waals surface area contributed by atoms with Gasteiger partial charge in [0.2, 0.25) is 10.0 Å². The molecule has 8 nitrogen and oxygen atoms in total. The minimum atomic E-state index is -3.56. The van der Waals surface area contributed by atoms with E-state index in [0.717, 1.165) is 19.3 Å². The third-order valence-electron chi connectivity index (χ3n) is 5.29. The molecule has 0 spiro atoms. The van der Waals surface area contributed by atoms with Crippen molar-refractivity contribution in [2.24, 2.45) is 0 Å². The van der Waals surface area contributed by atoms with Gasteiger partial charge in [0.1, 0.15) is 0 Å². The number of piperidine rings is 1. The molecule has 0 aromatic heterocycles. The van der Waals surface area contributed by atoms with Gasteiger partial charge >= 0.3 is 5.97 Å². The van der Waals surface area contributed by atoms with Crippen LogP contribution in [0.1, 0.15) is 35.2 Å². The Bertz CT molecular complexity index is 1120. The quantitative estimate of drug-likeness (QED) is 0.313. The van der Waals surface area contributed by atoms with Crippen LogP contribution in [0, 0.1) is 0 Å². The van der Waals surface area contributed by atoms with Gasteiger partial charge < -0.3 is 14.2 Å². The highest BCUT2D eigenvalue weighted by atomic mass is 32.2. The molecule has 0 saturated carbocycles. The van der Waals surface area contributed by atoms with E-state index in [0.29, 0.717) is 30.2 Å². The molecule has 0 atom stereocenters. The average Bonchev–Trinajstić information content (AvgIpc) is 2.86. The molecule has 1 saturated heterocycles. The van der Waals surface area contributed by atoms with E-state index >= 15 is 0 Å². The van der Waals surface area contributed by atoms with Crippen LogP contribution in [0.25, 0.3) is 6.08 Å². The first-order valence-electron chi connectivity index (χ1n) is 10.6. The topological polar surface area (TPSA) is 99.2 Å². The van der Waals surface area contributed by atoms with Gasteiger partial charge in [0.25, 0.3) is 0 Å². The lowest BCUT2D eigenvalue weighted by Gasteiger charge is -2.25. The molecule has 0 N–H and O–H groups in total. The number of esters is 1. The first-order valence-corrected chi connectivity index (χ1v) is 12.0. The largest absolute Gasteiger partial charge is 0.493 e. The zero-order chi connectivity index (χ0) is 23.8. The zero-order valence-corrected chi connectivity index (χ0v) is 19.5. The van der Waals surface area contributed by atoms with Gasteiger partial charge in [-0.3, -0.25) is 4.79 Å². The fourth-order valence-electron chi connectivity index (χ4n) is 3.46. The van der Waals surface area contributed by atoms with Crippen molar-refractivity contribution in [3.8, 4) is 11.5 Å². The Morgan fingerprint density at radius 2 is 1.61 bits per heavy atom. The summed E-state index contributed by atoms with van der Waals surface area (Å²) in [6.45, 7) is 0.568. The van der Waals surface area contributed by atoms with E-state index in [9.17, 15) is 18.0 Å². The molecule has 1 aliphatic rings. The normalized spacial score (nSPS) is 14.7. The van der Waals surface area contributed by atoms with E-state index < -0.39 is 28.4 Å². The molecule has 1 aliphatic heterocycles. The van der Waals surface area contributed by atoms with Gasteiger partial charge in [-0.2, -0.15) is 4.31 Å². The maximum atomic E-state index is 12.7. The highest BCUT2D eigenvalue weighted by Crippen LogP contribution is 2.28. The number of Topliss-reactive ketones (excluding diaryl/α,β-unsaturated/α-hetero) is 1. The van der Waals surface area contributed by atoms with Crippen LogP contribution in [0.2, 0.25) is 0 Å². The number of benzene rings is 2. The van der Waals surface area contributed by atoms with Crippen LogP contribution in [0.5, 0.6) is 11.5 Å². The van der Waals surface area contributed by atoms with E-state index in [4.69, 9.17) is 14.2 Å². The van der Waals surface area contributed by atoms with Crippen LogP contribution < -0.4 is 9.47 Å². The first-order chi connectivity index (χ1) is 15.8. The van der Waals surface area contributed by atoms with Gasteiger partial charge in [-0.1, -0.05) is 12.5 Å². The van der Waals surface area contributed by atoms with Crippen LogP contribution in [0.3, 0.4) is 0 Å². The van der Waals surface area contributed by atoms with Crippen molar-refractivity contribution in [2.45, 2.75) is 24.2 Å². The van der Waals surface area contributed by atoms with E-state index in [1.807, 2.05) is 0 Å². The minimum absolute atomic E-state index is 0.149. The van der Waals surface area contributed by atoms with Crippen LogP contribution in [0.15, 0.2) is 53.4 Å². The molecule has 1 fully saturated rings. The summed E-state index contributed by atoms with van der Waals surface area (Å²) >= 11 is 0. The summed E-state index contributed by atoms with van der Waals surface area (Å²) in [4.78, 5) is 24.5. The second-order valence-corrected chi connectivity index (χ2v) is 9.41. The number of nitrogens with zero attached hydrogens (tertiary/aromatic N) is 1. The number of ketones is 1. The van der Waals surface area contributed by atoms with Crippen molar-refractivity contribution in [3.05, 3.63) is 59.7 Å². The molecule has 2 aromatic rings. The van der Waals surface area contributed by atoms with E-state index in [1.54, 1.807) is 18.2 Å². The lowest BCUT2D eigenvalue weighted by molar-refractivity contribution is -0.136. The monoisotopic (exact) mass is 473 g/mol. The molecule has 176 valence electrons. The number of sulfonamides is 1. The summed E-state index contributed by atoms with van der Waals surface area (Å²) in [5.41, 5.74) is 0.964. The SMILES string of the molecule is COc1ccc(C=CC(=O)OCC(=O)c2ccc(S(=O)(=O)N3CCCCC3)cc2)cc1OC. The standard InChI is InChI=1S/C24H27NO7S/c1-30-22-12-6-18(16-23(22)31-2)7-13-24(27)32-17-21(26)19-8-10-20(11-9-19)33(28,29)25-14-4-3-5-15-25/h6-13,16H,3-5,14-15,17H2,1-2H3. The summed E-state index contributed by atoms with van der Waals surface area (Å²) < 4.78 is 42.3. The van der Waals surface area contributed by atoms with Crippen molar-refractivity contribution in [3.63, 3.8) is 0 Å². The number of rotatable bonds is 9. The molecule has 9 heteroatoms. The number of hydrogen-bond donors (Lipinski definition) is 0. The van der Waals surface area contributed by atoms with E-state index in [-0.39, 0.29) is 10.5 Å². The first kappa shape index (κ1) is 24.5. The number of hydrogen-bond acceptors (Lipinski definition) is 7. The van der Waals surface area contributed by atoms with Crippen LogP contribution >= 0.6 is 0 Å². The third-order valence-corrected chi connectivity index (χ3v) is 7.21. The maximum absolute atomic E-state index is 12.7. The number of ether oxygens (including phenoxy) is 3. The summed E-state index contributed by atoms with van der Waals surface area (Å²) in [5, 5.41) is 0. The van der Waals surface area contributed by atoms with Gasteiger partial charge in [0.05, 0.1) is 19.1 Å². The number of carbonyl (C=O) groups is 2. The van der Waals surface area contributed by atoms with Crippen molar-refractivity contribution in [1.82, 2.24) is 4.31 Å². The van der Waals surface area contributed by atoms with Gasteiger partial charge in [-0.05, 0) is 60.9 Å². The predicted molar refractivity (Wildman–Crippen MR) is 123 cm³/mol. The van der Waals surface area contributed by atoms with Gasteiger partial charge in [0, 0.05) is 24.7 Å². The highest BCUT2D eigenvalue weighted by Gasteiger charge is 2.26. The number of carbonyl (C=O) groups excluding carboxylic acids is 2. The fourth-order valence-corrected chi connectivity index (χ4v) is 4.97. The molecule has 0 unspecified atom stereocenters. The second-order valence-electron chi connectivity index (χ2n) is 7.47. The van der Waals surface area contributed by atoms with Crippen LogP contribution in [0.4, 0.5) is 0 Å². The summed E-state index contributed by atoms with van der Waals surface area (Å²) in [6, 6.07) is 10.9. The van der Waals surface area contributed by atoms with Crippen molar-refractivity contribution >= 4 is 27.9 Å². The summed E-state index contributed by atoms with van der Waals surface area (Å²) in [6.07, 6.45) is 5.47. The Kier molecular flexibility index (Phi) is 8.24. The Labute approximate surface area is 193 Å². The van der Waals surface area contributed by atoms with Crippen molar-refractivity contribution in [2.75, 3.05) is 33.9 Å².